The summed E-state index contributed by atoms with van der Waals surface area (Å²) in [6, 6.07) is 0. The average Bonchev–Trinajstić information content (AvgIpc) is 2.87. The van der Waals surface area contributed by atoms with E-state index in [4.69, 9.17) is 43.7 Å². The highest BCUT2D eigenvalue weighted by Crippen LogP contribution is 1.86. The smallest absolute Gasteiger partial charge is 0.336 e. The SMILES string of the molecule is O=c1n(CCOCCOCCO)c(=O)n(CCOCCOCCO)c(=O)n1CCOCCOCCO. The van der Waals surface area contributed by atoms with E-state index in [0.717, 1.165) is 13.7 Å². The lowest BCUT2D eigenvalue weighted by molar-refractivity contribution is 0.0272. The fourth-order valence-corrected chi connectivity index (χ4v) is 2.88. The minimum Gasteiger partial charge on any atom is -0.394 e. The number of aliphatic hydroxyl groups excluding tert-OH is 3. The normalized spacial score (nSPS) is 11.4. The molecule has 1 heterocycles. The molecular weight excluding hydrogens is 486 g/mol. The first kappa shape index (κ1) is 32.1. The van der Waals surface area contributed by atoms with Crippen molar-refractivity contribution in [3.63, 3.8) is 0 Å². The van der Waals surface area contributed by atoms with Gasteiger partial charge in [0.25, 0.3) is 0 Å². The lowest BCUT2D eigenvalue weighted by Gasteiger charge is -2.14. The largest absolute Gasteiger partial charge is 0.394 e. The van der Waals surface area contributed by atoms with Gasteiger partial charge in [-0.3, -0.25) is 0 Å². The van der Waals surface area contributed by atoms with E-state index in [1.807, 2.05) is 0 Å². The van der Waals surface area contributed by atoms with Crippen LogP contribution in [-0.4, -0.2) is 128 Å². The second-order valence-electron chi connectivity index (χ2n) is 7.15. The molecule has 0 amide bonds. The highest BCUT2D eigenvalue weighted by atomic mass is 16.5. The van der Waals surface area contributed by atoms with Crippen LogP contribution in [0.4, 0.5) is 0 Å². The molecule has 0 aliphatic heterocycles. The quantitative estimate of drug-likeness (QED) is 0.112. The molecule has 0 bridgehead atoms. The van der Waals surface area contributed by atoms with E-state index in [-0.39, 0.29) is 119 Å². The highest BCUT2D eigenvalue weighted by Gasteiger charge is 2.15. The summed E-state index contributed by atoms with van der Waals surface area (Å²) in [6.07, 6.45) is 0. The molecule has 0 aromatic carbocycles. The number of rotatable bonds is 24. The van der Waals surface area contributed by atoms with E-state index in [1.54, 1.807) is 0 Å². The monoisotopic (exact) mass is 525 g/mol. The van der Waals surface area contributed by atoms with Crippen LogP contribution in [0.2, 0.25) is 0 Å². The third kappa shape index (κ3) is 12.8. The topological polar surface area (TPSA) is 182 Å². The van der Waals surface area contributed by atoms with Gasteiger partial charge in [-0.25, -0.2) is 28.1 Å². The van der Waals surface area contributed by atoms with Gasteiger partial charge in [-0.05, 0) is 0 Å². The van der Waals surface area contributed by atoms with Gasteiger partial charge in [0.2, 0.25) is 0 Å². The third-order valence-corrected chi connectivity index (χ3v) is 4.59. The zero-order chi connectivity index (χ0) is 26.4. The Kier molecular flexibility index (Phi) is 18.9. The van der Waals surface area contributed by atoms with Gasteiger partial charge in [0.05, 0.1) is 119 Å². The Morgan fingerprint density at radius 3 is 0.833 bits per heavy atom. The first-order valence-electron chi connectivity index (χ1n) is 11.8. The molecule has 0 aliphatic carbocycles. The Hall–Kier alpha value is -1.95. The number of aromatic nitrogens is 3. The second kappa shape index (κ2) is 21.2. The summed E-state index contributed by atoms with van der Waals surface area (Å²) in [7, 11) is 0. The summed E-state index contributed by atoms with van der Waals surface area (Å²) >= 11 is 0. The van der Waals surface area contributed by atoms with Gasteiger partial charge in [0.15, 0.2) is 0 Å². The number of nitrogens with zero attached hydrogens (tertiary/aromatic N) is 3. The van der Waals surface area contributed by atoms with Crippen molar-refractivity contribution < 1.29 is 43.7 Å². The summed E-state index contributed by atoms with van der Waals surface area (Å²) in [6.45, 7) is 1.48. The predicted octanol–water partition coefficient (Wildman–Crippen LogP) is -3.75. The van der Waals surface area contributed by atoms with E-state index in [0.29, 0.717) is 0 Å². The summed E-state index contributed by atoms with van der Waals surface area (Å²) in [4.78, 5) is 38.6. The Morgan fingerprint density at radius 1 is 0.389 bits per heavy atom. The Bertz CT molecular complexity index is 714. The van der Waals surface area contributed by atoms with Gasteiger partial charge in [-0.2, -0.15) is 0 Å². The van der Waals surface area contributed by atoms with E-state index >= 15 is 0 Å². The van der Waals surface area contributed by atoms with Crippen LogP contribution in [0, 0.1) is 0 Å². The maximum Gasteiger partial charge on any atom is 0.336 e. The molecular formula is C21H39N3O12. The summed E-state index contributed by atoms with van der Waals surface area (Å²) in [5.41, 5.74) is -2.33. The molecule has 210 valence electrons. The fraction of sp³-hybridized carbons (Fsp3) is 0.857. The van der Waals surface area contributed by atoms with Crippen molar-refractivity contribution in [3.05, 3.63) is 31.5 Å². The predicted molar refractivity (Wildman–Crippen MR) is 125 cm³/mol. The second-order valence-corrected chi connectivity index (χ2v) is 7.15. The molecule has 15 nitrogen and oxygen atoms in total. The summed E-state index contributed by atoms with van der Waals surface area (Å²) in [5, 5.41) is 26.1. The van der Waals surface area contributed by atoms with Gasteiger partial charge in [0, 0.05) is 0 Å². The van der Waals surface area contributed by atoms with Crippen LogP contribution in [0.3, 0.4) is 0 Å². The van der Waals surface area contributed by atoms with Crippen molar-refractivity contribution in [1.82, 2.24) is 13.7 Å². The molecule has 0 saturated carbocycles. The Morgan fingerprint density at radius 2 is 0.611 bits per heavy atom. The maximum absolute atomic E-state index is 12.9. The number of aliphatic hydroxyl groups is 3. The Labute approximate surface area is 208 Å². The molecule has 1 aromatic heterocycles. The summed E-state index contributed by atoms with van der Waals surface area (Å²) < 4.78 is 34.2. The van der Waals surface area contributed by atoms with Crippen LogP contribution in [0.25, 0.3) is 0 Å². The maximum atomic E-state index is 12.9. The minimum atomic E-state index is -0.778. The van der Waals surface area contributed by atoms with Gasteiger partial charge < -0.3 is 43.7 Å². The van der Waals surface area contributed by atoms with E-state index < -0.39 is 17.1 Å². The van der Waals surface area contributed by atoms with Crippen molar-refractivity contribution in [2.45, 2.75) is 19.6 Å². The fourth-order valence-electron chi connectivity index (χ4n) is 2.88. The first-order valence-corrected chi connectivity index (χ1v) is 11.8. The van der Waals surface area contributed by atoms with E-state index in [1.165, 1.54) is 0 Å². The molecule has 1 rings (SSSR count). The molecule has 0 fully saturated rings. The average molecular weight is 526 g/mol. The number of ether oxygens (including phenoxy) is 6. The van der Waals surface area contributed by atoms with Crippen LogP contribution < -0.4 is 17.1 Å². The Balaban J connectivity index is 2.81. The molecule has 0 unspecified atom stereocenters. The van der Waals surface area contributed by atoms with E-state index in [9.17, 15) is 14.4 Å². The van der Waals surface area contributed by atoms with Crippen LogP contribution in [0.1, 0.15) is 0 Å². The lowest BCUT2D eigenvalue weighted by atomic mass is 10.5. The molecule has 0 atom stereocenters. The zero-order valence-electron chi connectivity index (χ0n) is 20.6. The van der Waals surface area contributed by atoms with Crippen LogP contribution in [0.15, 0.2) is 14.4 Å². The standard InChI is InChI=1S/C21H39N3O12/c25-4-10-34-16-13-31-7-1-22-19(28)23(2-8-32-14-17-35-11-5-26)21(30)24(20(22)29)3-9-33-15-18-36-12-6-27/h25-27H,1-18H2. The molecule has 1 aromatic rings. The van der Waals surface area contributed by atoms with Crippen LogP contribution in [0.5, 0.6) is 0 Å². The highest BCUT2D eigenvalue weighted by molar-refractivity contribution is 4.79. The molecule has 15 heteroatoms. The lowest BCUT2D eigenvalue weighted by Crippen LogP contribution is -2.55. The van der Waals surface area contributed by atoms with Gasteiger partial charge >= 0.3 is 17.1 Å². The van der Waals surface area contributed by atoms with Crippen molar-refractivity contribution in [2.75, 3.05) is 99.1 Å². The number of hydrogen-bond donors (Lipinski definition) is 3. The summed E-state index contributed by atoms with van der Waals surface area (Å²) in [5.74, 6) is 0. The molecule has 0 aliphatic rings. The third-order valence-electron chi connectivity index (χ3n) is 4.59. The van der Waals surface area contributed by atoms with E-state index in [2.05, 4.69) is 0 Å². The minimum absolute atomic E-state index is 0.0349. The van der Waals surface area contributed by atoms with Crippen molar-refractivity contribution in [1.29, 1.82) is 0 Å². The molecule has 0 saturated heterocycles. The van der Waals surface area contributed by atoms with Gasteiger partial charge in [0.1, 0.15) is 0 Å². The molecule has 0 spiro atoms. The zero-order valence-corrected chi connectivity index (χ0v) is 20.6. The molecule has 36 heavy (non-hydrogen) atoms. The van der Waals surface area contributed by atoms with Crippen LogP contribution >= 0.6 is 0 Å². The van der Waals surface area contributed by atoms with Gasteiger partial charge in [-0.15, -0.1) is 0 Å². The van der Waals surface area contributed by atoms with Crippen molar-refractivity contribution >= 4 is 0 Å². The molecule has 3 N–H and O–H groups in total. The first-order chi connectivity index (χ1) is 17.6. The van der Waals surface area contributed by atoms with Gasteiger partial charge in [-0.1, -0.05) is 0 Å². The number of hydrogen-bond acceptors (Lipinski definition) is 12. The van der Waals surface area contributed by atoms with Crippen LogP contribution in [-0.2, 0) is 48.1 Å². The van der Waals surface area contributed by atoms with Crippen molar-refractivity contribution in [2.24, 2.45) is 0 Å². The molecule has 0 radical (unpaired) electrons. The van der Waals surface area contributed by atoms with Crippen molar-refractivity contribution in [3.8, 4) is 0 Å².